The third-order valence-corrected chi connectivity index (χ3v) is 6.11. The Balaban J connectivity index is 1.57. The minimum atomic E-state index is -3.75. The smallest absolute Gasteiger partial charge is 0.283 e. The van der Waals surface area contributed by atoms with Gasteiger partial charge in [-0.15, -0.1) is 4.40 Å². The van der Waals surface area contributed by atoms with Crippen LogP contribution >= 0.6 is 0 Å². The van der Waals surface area contributed by atoms with E-state index in [0.717, 1.165) is 24.3 Å². The molecule has 1 saturated heterocycles. The number of methoxy groups -OCH3 is 1. The molecule has 1 amide bonds. The van der Waals surface area contributed by atoms with Crippen molar-refractivity contribution in [2.45, 2.75) is 30.6 Å². The lowest BCUT2D eigenvalue weighted by Gasteiger charge is -2.11. The zero-order valence-corrected chi connectivity index (χ0v) is 17.4. The van der Waals surface area contributed by atoms with E-state index in [4.69, 9.17) is 4.74 Å². The van der Waals surface area contributed by atoms with Crippen LogP contribution in [0.5, 0.6) is 5.75 Å². The number of benzene rings is 2. The highest BCUT2D eigenvalue weighted by Crippen LogP contribution is 2.19. The second-order valence-corrected chi connectivity index (χ2v) is 8.53. The Labute approximate surface area is 171 Å². The van der Waals surface area contributed by atoms with Crippen LogP contribution in [-0.2, 0) is 21.2 Å². The Bertz CT molecular complexity index is 984. The molecule has 1 fully saturated rings. The number of amides is 1. The standard InChI is InChI=1S/C21H25N3O4S/c1-24-15-3-4-20(24)23-29(26,27)19-12-8-17(9-13-19)22-21(25)14-7-16-5-10-18(28-2)11-6-16/h5-6,8-13H,3-4,7,14-15H2,1-2H3,(H,22,25). The lowest BCUT2D eigenvalue weighted by Crippen LogP contribution is -2.20. The number of ether oxygens (including phenoxy) is 1. The van der Waals surface area contributed by atoms with Gasteiger partial charge in [0.2, 0.25) is 5.91 Å². The molecule has 2 aromatic carbocycles. The van der Waals surface area contributed by atoms with Gasteiger partial charge < -0.3 is 15.0 Å². The third-order valence-electron chi connectivity index (χ3n) is 4.80. The largest absolute Gasteiger partial charge is 0.497 e. The van der Waals surface area contributed by atoms with Crippen molar-refractivity contribution in [1.82, 2.24) is 4.90 Å². The summed E-state index contributed by atoms with van der Waals surface area (Å²) in [6, 6.07) is 13.7. The van der Waals surface area contributed by atoms with E-state index in [1.165, 1.54) is 12.1 Å². The van der Waals surface area contributed by atoms with E-state index in [1.54, 1.807) is 19.2 Å². The number of likely N-dealkylation sites (tertiary alicyclic amines) is 1. The molecular weight excluding hydrogens is 390 g/mol. The Hall–Kier alpha value is -2.87. The van der Waals surface area contributed by atoms with Crippen LogP contribution in [-0.4, -0.2) is 45.8 Å². The molecule has 29 heavy (non-hydrogen) atoms. The lowest BCUT2D eigenvalue weighted by atomic mass is 10.1. The Morgan fingerprint density at radius 1 is 1.14 bits per heavy atom. The monoisotopic (exact) mass is 415 g/mol. The van der Waals surface area contributed by atoms with Crippen molar-refractivity contribution in [3.05, 3.63) is 54.1 Å². The van der Waals surface area contributed by atoms with Crippen LogP contribution in [0.4, 0.5) is 5.69 Å². The van der Waals surface area contributed by atoms with Crippen molar-refractivity contribution in [2.75, 3.05) is 26.0 Å². The molecule has 154 valence electrons. The molecule has 2 aromatic rings. The molecule has 0 spiro atoms. The van der Waals surface area contributed by atoms with Crippen LogP contribution < -0.4 is 10.1 Å². The minimum Gasteiger partial charge on any atom is -0.497 e. The van der Waals surface area contributed by atoms with Gasteiger partial charge in [-0.1, -0.05) is 12.1 Å². The number of nitrogens with one attached hydrogen (secondary N) is 1. The number of carbonyl (C=O) groups excluding carboxylic acids is 1. The third kappa shape index (κ3) is 5.57. The predicted octanol–water partition coefficient (Wildman–Crippen LogP) is 3.08. The summed E-state index contributed by atoms with van der Waals surface area (Å²) < 4.78 is 34.0. The molecule has 3 rings (SSSR count). The van der Waals surface area contributed by atoms with Gasteiger partial charge in [-0.2, -0.15) is 8.42 Å². The fraction of sp³-hybridized carbons (Fsp3) is 0.333. The van der Waals surface area contributed by atoms with Gasteiger partial charge >= 0.3 is 0 Å². The van der Waals surface area contributed by atoms with Gasteiger partial charge in [0.25, 0.3) is 10.0 Å². The number of carbonyl (C=O) groups is 1. The molecule has 0 aliphatic carbocycles. The van der Waals surface area contributed by atoms with Crippen LogP contribution in [0.2, 0.25) is 0 Å². The van der Waals surface area contributed by atoms with Crippen molar-refractivity contribution in [3.63, 3.8) is 0 Å². The van der Waals surface area contributed by atoms with Crippen LogP contribution in [0.25, 0.3) is 0 Å². The van der Waals surface area contributed by atoms with Crippen molar-refractivity contribution < 1.29 is 17.9 Å². The van der Waals surface area contributed by atoms with Gasteiger partial charge in [-0.05, 0) is 54.8 Å². The first-order valence-electron chi connectivity index (χ1n) is 9.45. The second-order valence-electron chi connectivity index (χ2n) is 6.93. The van der Waals surface area contributed by atoms with Gasteiger partial charge in [0.15, 0.2) is 0 Å². The summed E-state index contributed by atoms with van der Waals surface area (Å²) in [6.07, 6.45) is 2.50. The normalized spacial score (nSPS) is 15.5. The molecule has 0 radical (unpaired) electrons. The van der Waals surface area contributed by atoms with Gasteiger partial charge in [0.05, 0.1) is 12.0 Å². The molecule has 1 aliphatic rings. The number of rotatable bonds is 7. The van der Waals surface area contributed by atoms with Crippen molar-refractivity contribution in [2.24, 2.45) is 4.40 Å². The van der Waals surface area contributed by atoms with E-state index in [2.05, 4.69) is 9.71 Å². The first-order valence-corrected chi connectivity index (χ1v) is 10.9. The summed E-state index contributed by atoms with van der Waals surface area (Å²) in [7, 11) is -0.301. The zero-order valence-electron chi connectivity index (χ0n) is 16.6. The quantitative estimate of drug-likeness (QED) is 0.751. The predicted molar refractivity (Wildman–Crippen MR) is 113 cm³/mol. The van der Waals surface area contributed by atoms with Crippen molar-refractivity contribution >= 4 is 27.5 Å². The number of hydrogen-bond acceptors (Lipinski definition) is 4. The second kappa shape index (κ2) is 9.09. The van der Waals surface area contributed by atoms with E-state index in [9.17, 15) is 13.2 Å². The number of anilines is 1. The maximum Gasteiger partial charge on any atom is 0.283 e. The summed E-state index contributed by atoms with van der Waals surface area (Å²) in [5.41, 5.74) is 1.59. The van der Waals surface area contributed by atoms with Gasteiger partial charge in [-0.25, -0.2) is 0 Å². The van der Waals surface area contributed by atoms with Crippen LogP contribution in [0.1, 0.15) is 24.8 Å². The molecule has 0 unspecified atom stereocenters. The highest BCUT2D eigenvalue weighted by molar-refractivity contribution is 7.90. The summed E-state index contributed by atoms with van der Waals surface area (Å²) in [5, 5.41) is 2.79. The number of amidine groups is 1. The molecule has 1 heterocycles. The summed E-state index contributed by atoms with van der Waals surface area (Å²) in [6.45, 7) is 0.815. The van der Waals surface area contributed by atoms with Crippen LogP contribution in [0.15, 0.2) is 57.8 Å². The number of nitrogens with zero attached hydrogens (tertiary/aromatic N) is 2. The maximum atomic E-state index is 12.5. The SMILES string of the molecule is COc1ccc(CCC(=O)Nc2ccc(S(=O)(=O)N=C3CCCN3C)cc2)cc1. The number of sulfonamides is 1. The number of aryl methyl sites for hydroxylation is 1. The lowest BCUT2D eigenvalue weighted by molar-refractivity contribution is -0.116. The summed E-state index contributed by atoms with van der Waals surface area (Å²) in [5.74, 6) is 1.23. The van der Waals surface area contributed by atoms with Gasteiger partial charge in [0.1, 0.15) is 11.6 Å². The molecular formula is C21H25N3O4S. The number of hydrogen-bond donors (Lipinski definition) is 1. The Morgan fingerprint density at radius 2 is 1.83 bits per heavy atom. The summed E-state index contributed by atoms with van der Waals surface area (Å²) >= 11 is 0. The highest BCUT2D eigenvalue weighted by Gasteiger charge is 2.20. The molecule has 7 nitrogen and oxygen atoms in total. The molecule has 0 saturated carbocycles. The molecule has 0 bridgehead atoms. The first-order chi connectivity index (χ1) is 13.9. The fourth-order valence-electron chi connectivity index (χ4n) is 3.08. The fourth-order valence-corrected chi connectivity index (χ4v) is 4.18. The van der Waals surface area contributed by atoms with E-state index in [1.807, 2.05) is 36.2 Å². The average Bonchev–Trinajstić information content (AvgIpc) is 3.11. The Kier molecular flexibility index (Phi) is 6.53. The van der Waals surface area contributed by atoms with Crippen molar-refractivity contribution in [3.8, 4) is 5.75 Å². The van der Waals surface area contributed by atoms with E-state index >= 15 is 0 Å². The highest BCUT2D eigenvalue weighted by atomic mass is 32.2. The van der Waals surface area contributed by atoms with Crippen LogP contribution in [0, 0.1) is 0 Å². The van der Waals surface area contributed by atoms with Crippen LogP contribution in [0.3, 0.4) is 0 Å². The summed E-state index contributed by atoms with van der Waals surface area (Å²) in [4.78, 5) is 14.1. The topological polar surface area (TPSA) is 88.1 Å². The maximum absolute atomic E-state index is 12.5. The molecule has 0 aromatic heterocycles. The molecule has 8 heteroatoms. The van der Waals surface area contributed by atoms with Gasteiger partial charge in [0, 0.05) is 32.1 Å². The molecule has 1 N–H and O–H groups in total. The van der Waals surface area contributed by atoms with E-state index in [0.29, 0.717) is 30.8 Å². The first kappa shape index (κ1) is 20.9. The molecule has 1 aliphatic heterocycles. The minimum absolute atomic E-state index is 0.113. The van der Waals surface area contributed by atoms with E-state index < -0.39 is 10.0 Å². The Morgan fingerprint density at radius 3 is 2.41 bits per heavy atom. The average molecular weight is 416 g/mol. The zero-order chi connectivity index (χ0) is 20.9. The molecule has 0 atom stereocenters. The van der Waals surface area contributed by atoms with Gasteiger partial charge in [-0.3, -0.25) is 4.79 Å². The van der Waals surface area contributed by atoms with Crippen molar-refractivity contribution in [1.29, 1.82) is 0 Å². The van der Waals surface area contributed by atoms with E-state index in [-0.39, 0.29) is 10.8 Å².